The number of aryl methyl sites for hydroxylation is 1. The number of nitrogens with two attached hydrogens (primary N) is 1. The first kappa shape index (κ1) is 12.4. The standard InChI is InChI=1S/C8H12F3N3S/c1-6-7(4-12)5-13-14(6)2-3-15-8(9,10)11/h5H,2-4,12H2,1H3. The fraction of sp³-hybridized carbons (Fsp3) is 0.625. The minimum Gasteiger partial charge on any atom is -0.326 e. The molecule has 0 saturated carbocycles. The highest BCUT2D eigenvalue weighted by Gasteiger charge is 2.27. The maximum Gasteiger partial charge on any atom is 0.441 e. The summed E-state index contributed by atoms with van der Waals surface area (Å²) in [6, 6.07) is 0. The lowest BCUT2D eigenvalue weighted by molar-refractivity contribution is -0.0328. The van der Waals surface area contributed by atoms with Gasteiger partial charge in [0.05, 0.1) is 12.7 Å². The zero-order valence-electron chi connectivity index (χ0n) is 8.21. The van der Waals surface area contributed by atoms with E-state index in [9.17, 15) is 13.2 Å². The van der Waals surface area contributed by atoms with Gasteiger partial charge >= 0.3 is 5.51 Å². The fourth-order valence-corrected chi connectivity index (χ4v) is 1.65. The predicted molar refractivity (Wildman–Crippen MR) is 53.4 cm³/mol. The molecular formula is C8H12F3N3S. The highest BCUT2D eigenvalue weighted by Crippen LogP contribution is 2.30. The van der Waals surface area contributed by atoms with Crippen molar-refractivity contribution < 1.29 is 13.2 Å². The van der Waals surface area contributed by atoms with Crippen LogP contribution in [0.4, 0.5) is 13.2 Å². The van der Waals surface area contributed by atoms with Crippen LogP contribution in [0.3, 0.4) is 0 Å². The van der Waals surface area contributed by atoms with Gasteiger partial charge in [0.15, 0.2) is 0 Å². The molecule has 7 heteroatoms. The molecule has 1 aromatic rings. The number of halogens is 3. The van der Waals surface area contributed by atoms with Crippen molar-refractivity contribution in [1.82, 2.24) is 9.78 Å². The predicted octanol–water partition coefficient (Wildman–Crippen LogP) is 1.90. The molecule has 86 valence electrons. The van der Waals surface area contributed by atoms with Gasteiger partial charge in [0.25, 0.3) is 0 Å². The molecule has 0 radical (unpaired) electrons. The second-order valence-electron chi connectivity index (χ2n) is 2.98. The van der Waals surface area contributed by atoms with Crippen LogP contribution >= 0.6 is 11.8 Å². The second-order valence-corrected chi connectivity index (χ2v) is 4.14. The Labute approximate surface area is 89.8 Å². The minimum absolute atomic E-state index is 0.0317. The van der Waals surface area contributed by atoms with Crippen molar-refractivity contribution in [3.8, 4) is 0 Å². The molecule has 0 amide bonds. The number of hydrogen-bond acceptors (Lipinski definition) is 3. The molecule has 2 N–H and O–H groups in total. The summed E-state index contributed by atoms with van der Waals surface area (Å²) in [5, 5.41) is 3.96. The lowest BCUT2D eigenvalue weighted by Gasteiger charge is -2.07. The quantitative estimate of drug-likeness (QED) is 0.872. The van der Waals surface area contributed by atoms with Crippen molar-refractivity contribution in [2.45, 2.75) is 25.5 Å². The van der Waals surface area contributed by atoms with E-state index < -0.39 is 5.51 Å². The van der Waals surface area contributed by atoms with Crippen LogP contribution in [0.2, 0.25) is 0 Å². The van der Waals surface area contributed by atoms with Gasteiger partial charge in [0.1, 0.15) is 0 Å². The zero-order chi connectivity index (χ0) is 11.5. The number of thioether (sulfide) groups is 1. The minimum atomic E-state index is -4.17. The molecule has 0 spiro atoms. The van der Waals surface area contributed by atoms with Gasteiger partial charge in [-0.15, -0.1) is 0 Å². The van der Waals surface area contributed by atoms with Crippen LogP contribution in [-0.2, 0) is 13.1 Å². The van der Waals surface area contributed by atoms with E-state index in [1.807, 2.05) is 0 Å². The van der Waals surface area contributed by atoms with Crippen molar-refractivity contribution in [1.29, 1.82) is 0 Å². The lowest BCUT2D eigenvalue weighted by Crippen LogP contribution is -2.09. The molecule has 0 bridgehead atoms. The third kappa shape index (κ3) is 3.75. The van der Waals surface area contributed by atoms with Crippen LogP contribution in [0.5, 0.6) is 0 Å². The van der Waals surface area contributed by atoms with Gasteiger partial charge in [-0.25, -0.2) is 0 Å². The Morgan fingerprint density at radius 1 is 1.53 bits per heavy atom. The van der Waals surface area contributed by atoms with E-state index in [0.29, 0.717) is 6.54 Å². The van der Waals surface area contributed by atoms with Crippen LogP contribution < -0.4 is 5.73 Å². The topological polar surface area (TPSA) is 43.8 Å². The molecule has 1 rings (SSSR count). The Balaban J connectivity index is 2.48. The van der Waals surface area contributed by atoms with Crippen molar-refractivity contribution in [3.63, 3.8) is 0 Å². The van der Waals surface area contributed by atoms with Gasteiger partial charge in [-0.05, 0) is 18.7 Å². The van der Waals surface area contributed by atoms with Gasteiger partial charge < -0.3 is 5.73 Å². The Morgan fingerprint density at radius 2 is 2.20 bits per heavy atom. The van der Waals surface area contributed by atoms with E-state index in [0.717, 1.165) is 11.3 Å². The van der Waals surface area contributed by atoms with Crippen LogP contribution in [0.25, 0.3) is 0 Å². The SMILES string of the molecule is Cc1c(CN)cnn1CCSC(F)(F)F. The normalized spacial score (nSPS) is 12.1. The molecule has 0 atom stereocenters. The number of nitrogens with zero attached hydrogens (tertiary/aromatic N) is 2. The first-order valence-electron chi connectivity index (χ1n) is 4.36. The second kappa shape index (κ2) is 4.89. The molecule has 3 nitrogen and oxygen atoms in total. The highest BCUT2D eigenvalue weighted by atomic mass is 32.2. The highest BCUT2D eigenvalue weighted by molar-refractivity contribution is 8.00. The molecule has 0 fully saturated rings. The van der Waals surface area contributed by atoms with E-state index in [1.165, 1.54) is 0 Å². The first-order valence-corrected chi connectivity index (χ1v) is 5.34. The average Bonchev–Trinajstić information content (AvgIpc) is 2.46. The molecule has 0 aliphatic rings. The molecule has 0 aliphatic heterocycles. The van der Waals surface area contributed by atoms with Crippen LogP contribution in [-0.4, -0.2) is 21.0 Å². The maximum absolute atomic E-state index is 11.8. The summed E-state index contributed by atoms with van der Waals surface area (Å²) in [5.41, 5.74) is 2.96. The number of rotatable bonds is 4. The molecule has 0 aromatic carbocycles. The van der Waals surface area contributed by atoms with E-state index in [1.54, 1.807) is 17.8 Å². The molecule has 1 heterocycles. The van der Waals surface area contributed by atoms with Crippen molar-refractivity contribution in [2.24, 2.45) is 5.73 Å². The fourth-order valence-electron chi connectivity index (χ4n) is 1.16. The number of alkyl halides is 3. The summed E-state index contributed by atoms with van der Waals surface area (Å²) in [5.74, 6) is -0.0317. The van der Waals surface area contributed by atoms with E-state index >= 15 is 0 Å². The van der Waals surface area contributed by atoms with Crippen LogP contribution in [0.15, 0.2) is 6.20 Å². The Hall–Kier alpha value is -0.690. The van der Waals surface area contributed by atoms with Gasteiger partial charge in [0, 0.05) is 23.6 Å². The monoisotopic (exact) mass is 239 g/mol. The summed E-state index contributed by atoms with van der Waals surface area (Å²) in [7, 11) is 0. The maximum atomic E-state index is 11.8. The van der Waals surface area contributed by atoms with Crippen LogP contribution in [0, 0.1) is 6.92 Å². The van der Waals surface area contributed by atoms with Crippen molar-refractivity contribution in [2.75, 3.05) is 5.75 Å². The molecule has 0 saturated heterocycles. The average molecular weight is 239 g/mol. The summed E-state index contributed by atoms with van der Waals surface area (Å²) in [4.78, 5) is 0. The van der Waals surface area contributed by atoms with Crippen molar-refractivity contribution >= 4 is 11.8 Å². The zero-order valence-corrected chi connectivity index (χ0v) is 9.03. The number of hydrogen-bond donors (Lipinski definition) is 1. The Bertz CT molecular complexity index is 321. The third-order valence-corrected chi connectivity index (χ3v) is 2.71. The first-order chi connectivity index (χ1) is 6.94. The Kier molecular flexibility index (Phi) is 4.04. The summed E-state index contributed by atoms with van der Waals surface area (Å²) in [6.45, 7) is 2.40. The summed E-state index contributed by atoms with van der Waals surface area (Å²) < 4.78 is 37.1. The lowest BCUT2D eigenvalue weighted by atomic mass is 10.3. The largest absolute Gasteiger partial charge is 0.441 e. The summed E-state index contributed by atoms with van der Waals surface area (Å²) in [6.07, 6.45) is 1.59. The van der Waals surface area contributed by atoms with Crippen molar-refractivity contribution in [3.05, 3.63) is 17.5 Å². The van der Waals surface area contributed by atoms with E-state index in [2.05, 4.69) is 5.10 Å². The number of aromatic nitrogens is 2. The van der Waals surface area contributed by atoms with E-state index in [-0.39, 0.29) is 24.1 Å². The van der Waals surface area contributed by atoms with Gasteiger partial charge in [-0.2, -0.15) is 18.3 Å². The van der Waals surface area contributed by atoms with Crippen LogP contribution in [0.1, 0.15) is 11.3 Å². The Morgan fingerprint density at radius 3 is 2.67 bits per heavy atom. The molecule has 1 aromatic heterocycles. The van der Waals surface area contributed by atoms with Gasteiger partial charge in [-0.1, -0.05) is 0 Å². The smallest absolute Gasteiger partial charge is 0.326 e. The molecule has 0 aliphatic carbocycles. The van der Waals surface area contributed by atoms with Gasteiger partial charge in [-0.3, -0.25) is 4.68 Å². The molecule has 15 heavy (non-hydrogen) atoms. The van der Waals surface area contributed by atoms with E-state index in [4.69, 9.17) is 5.73 Å². The third-order valence-electron chi connectivity index (χ3n) is 1.99. The van der Waals surface area contributed by atoms with Gasteiger partial charge in [0.2, 0.25) is 0 Å². The molecule has 0 unspecified atom stereocenters. The molecular weight excluding hydrogens is 227 g/mol. The summed E-state index contributed by atoms with van der Waals surface area (Å²) >= 11 is -0.0381.